The molecule has 88 valence electrons. The maximum Gasteiger partial charge on any atom is 0.196 e. The number of halogens is 3. The van der Waals surface area contributed by atoms with Gasteiger partial charge in [-0.25, -0.2) is 0 Å². The molecule has 0 unspecified atom stereocenters. The van der Waals surface area contributed by atoms with E-state index in [-0.39, 0.29) is 5.78 Å². The molecular formula is C11H6Br2ClNOS. The molecule has 2 N–H and O–H groups in total. The van der Waals surface area contributed by atoms with Gasteiger partial charge in [0, 0.05) is 16.8 Å². The lowest BCUT2D eigenvalue weighted by atomic mass is 10.1. The van der Waals surface area contributed by atoms with Crippen LogP contribution < -0.4 is 5.73 Å². The van der Waals surface area contributed by atoms with Crippen molar-refractivity contribution in [2.45, 2.75) is 0 Å². The molecule has 0 amide bonds. The van der Waals surface area contributed by atoms with E-state index >= 15 is 0 Å². The summed E-state index contributed by atoms with van der Waals surface area (Å²) >= 11 is 14.1. The molecule has 1 aromatic carbocycles. The fourth-order valence-electron chi connectivity index (χ4n) is 1.36. The summed E-state index contributed by atoms with van der Waals surface area (Å²) in [5.74, 6) is -0.121. The first-order valence-electron chi connectivity index (χ1n) is 4.53. The fourth-order valence-corrected chi connectivity index (χ4v) is 4.42. The minimum Gasteiger partial charge on any atom is -0.399 e. The second kappa shape index (κ2) is 5.10. The Kier molecular flexibility index (Phi) is 3.92. The average Bonchev–Trinajstić information content (AvgIpc) is 2.57. The summed E-state index contributed by atoms with van der Waals surface area (Å²) in [6, 6.07) is 6.64. The Labute approximate surface area is 124 Å². The van der Waals surface area contributed by atoms with Crippen molar-refractivity contribution in [1.29, 1.82) is 0 Å². The smallest absolute Gasteiger partial charge is 0.196 e. The van der Waals surface area contributed by atoms with E-state index in [1.807, 2.05) is 0 Å². The third-order valence-electron chi connectivity index (χ3n) is 2.14. The van der Waals surface area contributed by atoms with Gasteiger partial charge in [-0.15, -0.1) is 11.3 Å². The molecule has 1 heterocycles. The summed E-state index contributed by atoms with van der Waals surface area (Å²) in [5, 5.41) is 0.365. The molecule has 0 aliphatic rings. The predicted molar refractivity (Wildman–Crippen MR) is 79.0 cm³/mol. The molecule has 2 rings (SSSR count). The Morgan fingerprint density at radius 1 is 1.24 bits per heavy atom. The molecule has 0 atom stereocenters. The molecule has 2 nitrogen and oxygen atoms in total. The van der Waals surface area contributed by atoms with Gasteiger partial charge in [-0.3, -0.25) is 4.79 Å². The van der Waals surface area contributed by atoms with E-state index in [4.69, 9.17) is 17.3 Å². The second-order valence-corrected chi connectivity index (χ2v) is 7.46. The summed E-state index contributed by atoms with van der Waals surface area (Å²) in [7, 11) is 0. The van der Waals surface area contributed by atoms with Gasteiger partial charge >= 0.3 is 0 Å². The van der Waals surface area contributed by atoms with Crippen LogP contribution in [0.25, 0.3) is 0 Å². The number of anilines is 1. The van der Waals surface area contributed by atoms with Gasteiger partial charge in [-0.05, 0) is 56.1 Å². The van der Waals surface area contributed by atoms with Crippen molar-refractivity contribution in [3.63, 3.8) is 0 Å². The molecule has 0 saturated heterocycles. The molecule has 1 aromatic heterocycles. The lowest BCUT2D eigenvalue weighted by molar-refractivity contribution is 0.103. The van der Waals surface area contributed by atoms with E-state index in [9.17, 15) is 4.79 Å². The first-order valence-corrected chi connectivity index (χ1v) is 7.31. The second-order valence-electron chi connectivity index (χ2n) is 3.31. The minimum atomic E-state index is -0.121. The summed E-state index contributed by atoms with van der Waals surface area (Å²) in [6.45, 7) is 0. The maximum atomic E-state index is 12.2. The van der Waals surface area contributed by atoms with Gasteiger partial charge < -0.3 is 5.73 Å². The monoisotopic (exact) mass is 393 g/mol. The molecule has 0 saturated carbocycles. The quantitative estimate of drug-likeness (QED) is 0.590. The Bertz CT molecular complexity index is 597. The maximum absolute atomic E-state index is 12.2. The number of nitrogens with two attached hydrogens (primary N) is 1. The number of ketones is 1. The van der Waals surface area contributed by atoms with Crippen LogP contribution in [0.4, 0.5) is 5.69 Å². The zero-order chi connectivity index (χ0) is 12.6. The normalized spacial score (nSPS) is 10.5. The summed E-state index contributed by atoms with van der Waals surface area (Å²) in [6.07, 6.45) is 0. The van der Waals surface area contributed by atoms with Crippen LogP contribution in [-0.2, 0) is 0 Å². The molecule has 17 heavy (non-hydrogen) atoms. The van der Waals surface area contributed by atoms with Crippen LogP contribution in [0, 0.1) is 0 Å². The first kappa shape index (κ1) is 13.1. The zero-order valence-corrected chi connectivity index (χ0v) is 13.1. The number of hydrogen-bond acceptors (Lipinski definition) is 3. The molecule has 0 spiro atoms. The van der Waals surface area contributed by atoms with E-state index in [0.717, 1.165) is 7.57 Å². The van der Waals surface area contributed by atoms with Crippen molar-refractivity contribution in [1.82, 2.24) is 0 Å². The number of hydrogen-bond donors (Lipinski definition) is 1. The molecule has 0 fully saturated rings. The van der Waals surface area contributed by atoms with Gasteiger partial charge in [0.1, 0.15) is 0 Å². The standard InChI is InChI=1S/C11H6Br2ClNOS/c12-9-4-7(11(13)17-9)10(16)6-2-1-5(15)3-8(6)14/h1-4H,15H2. The third-order valence-corrected chi connectivity index (χ3v) is 4.79. The van der Waals surface area contributed by atoms with E-state index in [0.29, 0.717) is 21.8 Å². The van der Waals surface area contributed by atoms with Crippen molar-refractivity contribution in [2.24, 2.45) is 0 Å². The number of rotatable bonds is 2. The van der Waals surface area contributed by atoms with Crippen LogP contribution in [0.3, 0.4) is 0 Å². The SMILES string of the molecule is Nc1ccc(C(=O)c2cc(Br)sc2Br)c(Cl)c1. The average molecular weight is 396 g/mol. The predicted octanol–water partition coefficient (Wildman–Crippen LogP) is 4.74. The number of nitrogen functional groups attached to an aromatic ring is 1. The Morgan fingerprint density at radius 3 is 2.47 bits per heavy atom. The van der Waals surface area contributed by atoms with Gasteiger partial charge in [-0.2, -0.15) is 0 Å². The van der Waals surface area contributed by atoms with Crippen molar-refractivity contribution >= 4 is 66.3 Å². The van der Waals surface area contributed by atoms with Crippen LogP contribution in [0.5, 0.6) is 0 Å². The van der Waals surface area contributed by atoms with Crippen LogP contribution >= 0.6 is 54.8 Å². The zero-order valence-electron chi connectivity index (χ0n) is 8.34. The number of carbonyl (C=O) groups excluding carboxylic acids is 1. The number of carbonyl (C=O) groups is 1. The van der Waals surface area contributed by atoms with E-state index in [1.54, 1.807) is 24.3 Å². The number of benzene rings is 1. The van der Waals surface area contributed by atoms with Crippen molar-refractivity contribution < 1.29 is 4.79 Å². The molecule has 0 radical (unpaired) electrons. The molecule has 0 aliphatic heterocycles. The first-order chi connectivity index (χ1) is 7.99. The van der Waals surface area contributed by atoms with Gasteiger partial charge in [0.25, 0.3) is 0 Å². The van der Waals surface area contributed by atoms with Crippen LogP contribution in [0.1, 0.15) is 15.9 Å². The highest BCUT2D eigenvalue weighted by molar-refractivity contribution is 9.12. The fraction of sp³-hybridized carbons (Fsp3) is 0. The molecule has 0 aliphatic carbocycles. The molecule has 2 aromatic rings. The Balaban J connectivity index is 2.47. The lowest BCUT2D eigenvalue weighted by Gasteiger charge is -2.03. The van der Waals surface area contributed by atoms with Gasteiger partial charge in [0.15, 0.2) is 5.78 Å². The van der Waals surface area contributed by atoms with Crippen molar-refractivity contribution in [3.8, 4) is 0 Å². The van der Waals surface area contributed by atoms with Crippen LogP contribution in [0.15, 0.2) is 31.8 Å². The van der Waals surface area contributed by atoms with Crippen molar-refractivity contribution in [3.05, 3.63) is 48.0 Å². The van der Waals surface area contributed by atoms with E-state index < -0.39 is 0 Å². The highest BCUT2D eigenvalue weighted by Crippen LogP contribution is 2.34. The van der Waals surface area contributed by atoms with Gasteiger partial charge in [0.2, 0.25) is 0 Å². The summed E-state index contributed by atoms with van der Waals surface area (Å²) < 4.78 is 1.67. The molecular weight excluding hydrogens is 389 g/mol. The highest BCUT2D eigenvalue weighted by atomic mass is 79.9. The van der Waals surface area contributed by atoms with Crippen molar-refractivity contribution in [2.75, 3.05) is 5.73 Å². The van der Waals surface area contributed by atoms with E-state index in [2.05, 4.69) is 31.9 Å². The Morgan fingerprint density at radius 2 is 1.94 bits per heavy atom. The van der Waals surface area contributed by atoms with Gasteiger partial charge in [0.05, 0.1) is 12.6 Å². The molecule has 6 heteroatoms. The minimum absolute atomic E-state index is 0.121. The largest absolute Gasteiger partial charge is 0.399 e. The van der Waals surface area contributed by atoms with Crippen LogP contribution in [0.2, 0.25) is 5.02 Å². The van der Waals surface area contributed by atoms with Crippen LogP contribution in [-0.4, -0.2) is 5.78 Å². The highest BCUT2D eigenvalue weighted by Gasteiger charge is 2.18. The topological polar surface area (TPSA) is 43.1 Å². The summed E-state index contributed by atoms with van der Waals surface area (Å²) in [4.78, 5) is 12.2. The third kappa shape index (κ3) is 2.73. The molecule has 0 bridgehead atoms. The van der Waals surface area contributed by atoms with E-state index in [1.165, 1.54) is 11.3 Å². The van der Waals surface area contributed by atoms with Gasteiger partial charge in [-0.1, -0.05) is 11.6 Å². The summed E-state index contributed by atoms with van der Waals surface area (Å²) in [5.41, 5.74) is 7.17. The lowest BCUT2D eigenvalue weighted by Crippen LogP contribution is -2.02. The Hall–Kier alpha value is -0.360. The number of thiophene rings is 1.